The van der Waals surface area contributed by atoms with E-state index in [4.69, 9.17) is 0 Å². The molecule has 0 aromatic heterocycles. The minimum atomic E-state index is -0.653. The molecule has 0 aliphatic carbocycles. The minimum Gasteiger partial charge on any atom is -0.267 e. The van der Waals surface area contributed by atoms with E-state index < -0.39 is 16.9 Å². The molecule has 2 rings (SSSR count). The topological polar surface area (TPSA) is 83.8 Å². The summed E-state index contributed by atoms with van der Waals surface area (Å²) in [4.78, 5) is 35.5. The van der Waals surface area contributed by atoms with E-state index in [2.05, 4.69) is 6.58 Å². The lowest BCUT2D eigenvalue weighted by molar-refractivity contribution is -0.384. The molecule has 0 N–H and O–H groups in total. The molecular formula is C11H9N3O4. The number of hydrogen-bond acceptors (Lipinski definition) is 4. The fraction of sp³-hybridized carbons (Fsp3) is 0.0909. The Bertz CT molecular complexity index is 581. The molecule has 92 valence electrons. The summed E-state index contributed by atoms with van der Waals surface area (Å²) in [5, 5.41) is 10.9. The summed E-state index contributed by atoms with van der Waals surface area (Å²) in [6, 6.07) is 5.04. The Morgan fingerprint density at radius 2 is 1.89 bits per heavy atom. The first kappa shape index (κ1) is 11.8. The van der Waals surface area contributed by atoms with Crippen molar-refractivity contribution >= 4 is 23.3 Å². The van der Waals surface area contributed by atoms with Crippen molar-refractivity contribution in [3.8, 4) is 0 Å². The maximum atomic E-state index is 11.8. The van der Waals surface area contributed by atoms with E-state index in [9.17, 15) is 19.7 Å². The lowest BCUT2D eigenvalue weighted by Crippen LogP contribution is -2.29. The molecule has 1 aliphatic heterocycles. The normalized spacial score (nSPS) is 15.5. The number of rotatable bonds is 2. The fourth-order valence-electron chi connectivity index (χ4n) is 1.70. The number of imide groups is 1. The van der Waals surface area contributed by atoms with E-state index in [1.807, 2.05) is 0 Å². The van der Waals surface area contributed by atoms with Crippen molar-refractivity contribution in [3.05, 3.63) is 46.7 Å². The number of likely N-dealkylation sites (N-methyl/N-ethyl adjacent to an activating group) is 1. The third-order valence-electron chi connectivity index (χ3n) is 2.62. The van der Waals surface area contributed by atoms with Crippen LogP contribution in [0, 0.1) is 10.1 Å². The Kier molecular flexibility index (Phi) is 2.59. The summed E-state index contributed by atoms with van der Waals surface area (Å²) >= 11 is 0. The van der Waals surface area contributed by atoms with Crippen LogP contribution in [0.4, 0.5) is 16.2 Å². The largest absolute Gasteiger partial charge is 0.336 e. The second kappa shape index (κ2) is 3.95. The number of hydrogen-bond donors (Lipinski definition) is 0. The van der Waals surface area contributed by atoms with Gasteiger partial charge in [-0.1, -0.05) is 18.7 Å². The summed E-state index contributed by atoms with van der Waals surface area (Å²) in [7, 11) is 1.30. The van der Waals surface area contributed by atoms with Crippen molar-refractivity contribution in [2.45, 2.75) is 0 Å². The Morgan fingerprint density at radius 1 is 1.28 bits per heavy atom. The van der Waals surface area contributed by atoms with Crippen LogP contribution < -0.4 is 4.90 Å². The van der Waals surface area contributed by atoms with Gasteiger partial charge >= 0.3 is 6.03 Å². The van der Waals surface area contributed by atoms with Gasteiger partial charge < -0.3 is 0 Å². The molecule has 3 amide bonds. The summed E-state index contributed by atoms with van der Waals surface area (Å²) in [5.74, 6) is -0.571. The van der Waals surface area contributed by atoms with E-state index in [0.717, 1.165) is 9.80 Å². The standard InChI is InChI=1S/C11H9N3O4/c1-7-10(15)12(2)11(16)13(7)8-5-3-4-6-9(8)14(17)18/h3-6H,1H2,2H3. The molecule has 18 heavy (non-hydrogen) atoms. The van der Waals surface area contributed by atoms with Crippen LogP contribution in [0.15, 0.2) is 36.5 Å². The highest BCUT2D eigenvalue weighted by Crippen LogP contribution is 2.33. The van der Waals surface area contributed by atoms with Crippen LogP contribution in [-0.2, 0) is 4.79 Å². The maximum absolute atomic E-state index is 11.8. The van der Waals surface area contributed by atoms with Gasteiger partial charge in [0.25, 0.3) is 11.6 Å². The number of nitro benzene ring substituents is 1. The lowest BCUT2D eigenvalue weighted by atomic mass is 10.2. The van der Waals surface area contributed by atoms with E-state index >= 15 is 0 Å². The van der Waals surface area contributed by atoms with Crippen molar-refractivity contribution in [1.82, 2.24) is 4.90 Å². The SMILES string of the molecule is C=C1C(=O)N(C)C(=O)N1c1ccccc1[N+](=O)[O-]. The van der Waals surface area contributed by atoms with Crippen LogP contribution in [0.25, 0.3) is 0 Å². The van der Waals surface area contributed by atoms with Crippen molar-refractivity contribution in [1.29, 1.82) is 0 Å². The number of anilines is 1. The second-order valence-corrected chi connectivity index (χ2v) is 3.67. The molecule has 1 heterocycles. The molecule has 7 nitrogen and oxygen atoms in total. The molecule has 1 aliphatic rings. The number of carbonyl (C=O) groups excluding carboxylic acids is 2. The number of amides is 3. The van der Waals surface area contributed by atoms with Crippen molar-refractivity contribution in [3.63, 3.8) is 0 Å². The molecule has 0 bridgehead atoms. The zero-order chi connectivity index (χ0) is 13.4. The van der Waals surface area contributed by atoms with Crippen LogP contribution in [0.5, 0.6) is 0 Å². The summed E-state index contributed by atoms with van der Waals surface area (Å²) in [6.07, 6.45) is 0. The van der Waals surface area contributed by atoms with Gasteiger partial charge in [-0.2, -0.15) is 0 Å². The van der Waals surface area contributed by atoms with Gasteiger partial charge in [0.05, 0.1) is 4.92 Å². The third-order valence-corrected chi connectivity index (χ3v) is 2.62. The number of urea groups is 1. The van der Waals surface area contributed by atoms with Gasteiger partial charge in [-0.25, -0.2) is 4.79 Å². The van der Waals surface area contributed by atoms with Crippen molar-refractivity contribution < 1.29 is 14.5 Å². The molecule has 0 radical (unpaired) electrons. The predicted molar refractivity (Wildman–Crippen MR) is 62.9 cm³/mol. The fourth-order valence-corrected chi connectivity index (χ4v) is 1.70. The Labute approximate surface area is 102 Å². The van der Waals surface area contributed by atoms with Gasteiger partial charge in [-0.3, -0.25) is 24.7 Å². The van der Waals surface area contributed by atoms with Crippen LogP contribution in [0.3, 0.4) is 0 Å². The van der Waals surface area contributed by atoms with Crippen LogP contribution in [-0.4, -0.2) is 28.8 Å². The van der Waals surface area contributed by atoms with Crippen LogP contribution in [0.2, 0.25) is 0 Å². The van der Waals surface area contributed by atoms with Crippen LogP contribution >= 0.6 is 0 Å². The zero-order valence-electron chi connectivity index (χ0n) is 9.49. The number of benzene rings is 1. The highest BCUT2D eigenvalue weighted by molar-refractivity contribution is 6.21. The summed E-state index contributed by atoms with van der Waals surface area (Å²) in [5.41, 5.74) is -0.317. The average Bonchev–Trinajstić information content (AvgIpc) is 2.54. The number of nitrogens with zero attached hydrogens (tertiary/aromatic N) is 3. The molecule has 1 aromatic rings. The quantitative estimate of drug-likeness (QED) is 0.343. The van der Waals surface area contributed by atoms with Gasteiger partial charge in [-0.05, 0) is 6.07 Å². The molecule has 1 aromatic carbocycles. The summed E-state index contributed by atoms with van der Waals surface area (Å²) < 4.78 is 0. The summed E-state index contributed by atoms with van der Waals surface area (Å²) in [6.45, 7) is 3.49. The first-order chi connectivity index (χ1) is 8.45. The molecule has 1 fully saturated rings. The minimum absolute atomic E-state index is 0.0372. The smallest absolute Gasteiger partial charge is 0.267 e. The highest BCUT2D eigenvalue weighted by Gasteiger charge is 2.40. The van der Waals surface area contributed by atoms with E-state index in [1.54, 1.807) is 6.07 Å². The van der Waals surface area contributed by atoms with Gasteiger partial charge in [-0.15, -0.1) is 0 Å². The molecular weight excluding hydrogens is 238 g/mol. The molecule has 0 spiro atoms. The first-order valence-electron chi connectivity index (χ1n) is 4.99. The molecule has 7 heteroatoms. The Balaban J connectivity index is 2.57. The third kappa shape index (κ3) is 1.53. The number of nitro groups is 1. The van der Waals surface area contributed by atoms with E-state index in [-0.39, 0.29) is 17.1 Å². The Morgan fingerprint density at radius 3 is 2.39 bits per heavy atom. The van der Waals surface area contributed by atoms with Gasteiger partial charge in [0, 0.05) is 13.1 Å². The maximum Gasteiger partial charge on any atom is 0.336 e. The van der Waals surface area contributed by atoms with Gasteiger partial charge in [0.2, 0.25) is 0 Å². The Hall–Kier alpha value is -2.70. The number of carbonyl (C=O) groups is 2. The monoisotopic (exact) mass is 247 g/mol. The van der Waals surface area contributed by atoms with Gasteiger partial charge in [0.1, 0.15) is 11.4 Å². The zero-order valence-corrected chi connectivity index (χ0v) is 9.49. The first-order valence-corrected chi connectivity index (χ1v) is 4.99. The van der Waals surface area contributed by atoms with Crippen LogP contribution in [0.1, 0.15) is 0 Å². The van der Waals surface area contributed by atoms with Crippen molar-refractivity contribution in [2.75, 3.05) is 11.9 Å². The lowest BCUT2D eigenvalue weighted by Gasteiger charge is -2.14. The highest BCUT2D eigenvalue weighted by atomic mass is 16.6. The molecule has 0 atom stereocenters. The van der Waals surface area contributed by atoms with E-state index in [0.29, 0.717) is 0 Å². The molecule has 1 saturated heterocycles. The second-order valence-electron chi connectivity index (χ2n) is 3.67. The van der Waals surface area contributed by atoms with Crippen molar-refractivity contribution in [2.24, 2.45) is 0 Å². The molecule has 0 unspecified atom stereocenters. The van der Waals surface area contributed by atoms with Gasteiger partial charge in [0.15, 0.2) is 0 Å². The predicted octanol–water partition coefficient (Wildman–Crippen LogP) is 1.51. The number of para-hydroxylation sites is 2. The average molecular weight is 247 g/mol. The van der Waals surface area contributed by atoms with E-state index in [1.165, 1.54) is 25.2 Å². The molecule has 0 saturated carbocycles.